The van der Waals surface area contributed by atoms with Gasteiger partial charge in [0, 0.05) is 10.6 Å². The molecule has 0 bridgehead atoms. The van der Waals surface area contributed by atoms with E-state index in [-0.39, 0.29) is 17.0 Å². The van der Waals surface area contributed by atoms with E-state index < -0.39 is 0 Å². The Hall–Kier alpha value is -2.27. The summed E-state index contributed by atoms with van der Waals surface area (Å²) in [7, 11) is 0. The zero-order chi connectivity index (χ0) is 13.6. The fourth-order valence-electron chi connectivity index (χ4n) is 1.93. The summed E-state index contributed by atoms with van der Waals surface area (Å²) in [6.07, 6.45) is 1.59. The molecule has 0 amide bonds. The number of fused-ring (bicyclic) bond motifs is 1. The van der Waals surface area contributed by atoms with Crippen LogP contribution in [0.4, 0.5) is 0 Å². The van der Waals surface area contributed by atoms with Gasteiger partial charge in [-0.25, -0.2) is 0 Å². The van der Waals surface area contributed by atoms with E-state index in [0.717, 1.165) is 11.1 Å². The smallest absolute Gasteiger partial charge is 0.257 e. The molecule has 96 valence electrons. The molecular formula is C13H10ClN3O2. The predicted octanol–water partition coefficient (Wildman–Crippen LogP) is 2.36. The summed E-state index contributed by atoms with van der Waals surface area (Å²) < 4.78 is 1.31. The molecule has 0 spiro atoms. The number of aromatic amines is 1. The van der Waals surface area contributed by atoms with Gasteiger partial charge in [-0.05, 0) is 24.6 Å². The minimum Gasteiger partial charge on any atom is -0.493 e. The van der Waals surface area contributed by atoms with Crippen LogP contribution in [-0.4, -0.2) is 19.7 Å². The highest BCUT2D eigenvalue weighted by Crippen LogP contribution is 2.26. The molecule has 6 heteroatoms. The Balaban J connectivity index is 2.32. The monoisotopic (exact) mass is 275 g/mol. The van der Waals surface area contributed by atoms with Gasteiger partial charge in [-0.1, -0.05) is 23.7 Å². The summed E-state index contributed by atoms with van der Waals surface area (Å²) in [5.41, 5.74) is 1.94. The van der Waals surface area contributed by atoms with E-state index in [4.69, 9.17) is 11.6 Å². The van der Waals surface area contributed by atoms with Crippen LogP contribution >= 0.6 is 11.6 Å². The first-order valence-electron chi connectivity index (χ1n) is 5.63. The molecule has 2 heterocycles. The molecule has 19 heavy (non-hydrogen) atoms. The maximum absolute atomic E-state index is 11.7. The average Bonchev–Trinajstić information content (AvgIpc) is 2.81. The minimum absolute atomic E-state index is 0.154. The summed E-state index contributed by atoms with van der Waals surface area (Å²) in [6, 6.07) is 7.17. The number of hydrogen-bond donors (Lipinski definition) is 2. The van der Waals surface area contributed by atoms with Crippen LogP contribution in [0, 0.1) is 6.92 Å². The van der Waals surface area contributed by atoms with Crippen molar-refractivity contribution < 1.29 is 5.11 Å². The van der Waals surface area contributed by atoms with Crippen molar-refractivity contribution in [3.05, 3.63) is 51.4 Å². The number of H-pyrrole nitrogens is 1. The lowest BCUT2D eigenvalue weighted by molar-refractivity contribution is 0.429. The molecule has 0 atom stereocenters. The lowest BCUT2D eigenvalue weighted by Crippen LogP contribution is -2.12. The van der Waals surface area contributed by atoms with Crippen molar-refractivity contribution in [2.24, 2.45) is 0 Å². The molecule has 0 saturated carbocycles. The predicted molar refractivity (Wildman–Crippen MR) is 72.7 cm³/mol. The Morgan fingerprint density at radius 1 is 1.32 bits per heavy atom. The van der Waals surface area contributed by atoms with Crippen molar-refractivity contribution >= 4 is 17.2 Å². The first-order chi connectivity index (χ1) is 9.08. The molecular weight excluding hydrogens is 266 g/mol. The van der Waals surface area contributed by atoms with E-state index in [1.807, 2.05) is 12.1 Å². The molecule has 2 aromatic heterocycles. The van der Waals surface area contributed by atoms with Crippen LogP contribution in [0.15, 0.2) is 35.3 Å². The summed E-state index contributed by atoms with van der Waals surface area (Å²) in [5, 5.41) is 14.6. The fourth-order valence-corrected chi connectivity index (χ4v) is 2.06. The Morgan fingerprint density at radius 2 is 2.00 bits per heavy atom. The topological polar surface area (TPSA) is 70.4 Å². The summed E-state index contributed by atoms with van der Waals surface area (Å²) in [4.78, 5) is 14.4. The van der Waals surface area contributed by atoms with Crippen LogP contribution in [-0.2, 0) is 0 Å². The Kier molecular flexibility index (Phi) is 2.57. The normalized spacial score (nSPS) is 11.1. The molecule has 5 nitrogen and oxygen atoms in total. The van der Waals surface area contributed by atoms with Crippen molar-refractivity contribution in [3.63, 3.8) is 0 Å². The maximum Gasteiger partial charge on any atom is 0.257 e. The number of nitrogens with zero attached hydrogens (tertiary/aromatic N) is 2. The molecule has 0 radical (unpaired) electrons. The number of halogens is 1. The number of rotatable bonds is 1. The third kappa shape index (κ3) is 1.79. The van der Waals surface area contributed by atoms with Crippen molar-refractivity contribution in [3.8, 4) is 17.0 Å². The molecule has 3 rings (SSSR count). The number of aromatic nitrogens is 3. The second kappa shape index (κ2) is 4.13. The van der Waals surface area contributed by atoms with Crippen LogP contribution in [0.3, 0.4) is 0 Å². The number of nitrogens with one attached hydrogen (secondary N) is 1. The fraction of sp³-hybridized carbons (Fsp3) is 0.0769. The Morgan fingerprint density at radius 3 is 2.68 bits per heavy atom. The quantitative estimate of drug-likeness (QED) is 0.716. The van der Waals surface area contributed by atoms with Crippen molar-refractivity contribution in [1.82, 2.24) is 14.6 Å². The average molecular weight is 276 g/mol. The maximum atomic E-state index is 11.7. The molecule has 0 fully saturated rings. The van der Waals surface area contributed by atoms with Gasteiger partial charge < -0.3 is 10.1 Å². The molecule has 0 aliphatic carbocycles. The van der Waals surface area contributed by atoms with Crippen LogP contribution in [0.1, 0.15) is 5.56 Å². The molecule has 0 aliphatic heterocycles. The van der Waals surface area contributed by atoms with E-state index in [1.165, 1.54) is 11.4 Å². The van der Waals surface area contributed by atoms with Crippen LogP contribution in [0.2, 0.25) is 5.02 Å². The lowest BCUT2D eigenvalue weighted by Gasteiger charge is -2.03. The Labute approximate surface area is 113 Å². The largest absolute Gasteiger partial charge is 0.493 e. The van der Waals surface area contributed by atoms with Gasteiger partial charge in [-0.15, -0.1) is 0 Å². The minimum atomic E-state index is -0.333. The zero-order valence-corrected chi connectivity index (χ0v) is 10.8. The van der Waals surface area contributed by atoms with E-state index in [2.05, 4.69) is 10.1 Å². The highest BCUT2D eigenvalue weighted by Gasteiger charge is 2.13. The molecule has 1 aromatic carbocycles. The van der Waals surface area contributed by atoms with Gasteiger partial charge in [0.15, 0.2) is 0 Å². The second-order valence-electron chi connectivity index (χ2n) is 4.23. The van der Waals surface area contributed by atoms with Gasteiger partial charge in [0.05, 0.1) is 11.8 Å². The first-order valence-corrected chi connectivity index (χ1v) is 6.01. The SMILES string of the molecule is Cc1c(O)n2ncc(-c3ccc(Cl)cc3)c2[nH]c1=O. The molecule has 3 aromatic rings. The highest BCUT2D eigenvalue weighted by atomic mass is 35.5. The third-order valence-electron chi connectivity index (χ3n) is 3.03. The van der Waals surface area contributed by atoms with E-state index >= 15 is 0 Å². The second-order valence-corrected chi connectivity index (χ2v) is 4.66. The highest BCUT2D eigenvalue weighted by molar-refractivity contribution is 6.30. The van der Waals surface area contributed by atoms with E-state index in [1.54, 1.807) is 18.3 Å². The van der Waals surface area contributed by atoms with Crippen molar-refractivity contribution in [2.75, 3.05) is 0 Å². The van der Waals surface area contributed by atoms with E-state index in [9.17, 15) is 9.90 Å². The number of benzene rings is 1. The van der Waals surface area contributed by atoms with Gasteiger partial charge in [0.25, 0.3) is 5.56 Å². The molecule has 0 unspecified atom stereocenters. The van der Waals surface area contributed by atoms with Gasteiger partial charge in [0.1, 0.15) is 5.65 Å². The Bertz CT molecular complexity index is 818. The third-order valence-corrected chi connectivity index (χ3v) is 3.28. The van der Waals surface area contributed by atoms with Crippen molar-refractivity contribution in [2.45, 2.75) is 6.92 Å². The number of hydrogen-bond acceptors (Lipinski definition) is 3. The molecule has 2 N–H and O–H groups in total. The van der Waals surface area contributed by atoms with Gasteiger partial charge in [0.2, 0.25) is 5.88 Å². The standard InChI is InChI=1S/C13H10ClN3O2/c1-7-12(18)16-11-10(6-15-17(11)13(7)19)8-2-4-9(14)5-3-8/h2-6,19H,1H3,(H,16,18). The molecule has 0 saturated heterocycles. The summed E-state index contributed by atoms with van der Waals surface area (Å²) >= 11 is 5.84. The summed E-state index contributed by atoms with van der Waals surface area (Å²) in [5.74, 6) is -0.154. The van der Waals surface area contributed by atoms with Gasteiger partial charge in [-0.2, -0.15) is 9.61 Å². The van der Waals surface area contributed by atoms with Crippen LogP contribution in [0.5, 0.6) is 5.88 Å². The van der Waals surface area contributed by atoms with Crippen LogP contribution < -0.4 is 5.56 Å². The van der Waals surface area contributed by atoms with Gasteiger partial charge in [-0.3, -0.25) is 4.79 Å². The first kappa shape index (κ1) is 11.8. The summed E-state index contributed by atoms with van der Waals surface area (Å²) in [6.45, 7) is 1.54. The zero-order valence-electron chi connectivity index (χ0n) is 10.0. The van der Waals surface area contributed by atoms with Crippen molar-refractivity contribution in [1.29, 1.82) is 0 Å². The number of aromatic hydroxyl groups is 1. The van der Waals surface area contributed by atoms with Crippen LogP contribution in [0.25, 0.3) is 16.8 Å². The lowest BCUT2D eigenvalue weighted by atomic mass is 10.1. The van der Waals surface area contributed by atoms with E-state index in [0.29, 0.717) is 10.7 Å². The molecule has 0 aliphatic rings. The van der Waals surface area contributed by atoms with Gasteiger partial charge >= 0.3 is 0 Å².